The average Bonchev–Trinajstić information content (AvgIpc) is 3.35. The maximum Gasteiger partial charge on any atom is 0.410 e. The lowest BCUT2D eigenvalue weighted by Crippen LogP contribution is -2.59. The van der Waals surface area contributed by atoms with Crippen molar-refractivity contribution in [2.75, 3.05) is 6.54 Å². The number of amides is 5. The predicted octanol–water partition coefficient (Wildman–Crippen LogP) is 2.90. The molecule has 3 heterocycles. The molecule has 4 N–H and O–H groups in total. The van der Waals surface area contributed by atoms with E-state index >= 15 is 0 Å². The summed E-state index contributed by atoms with van der Waals surface area (Å²) in [5.41, 5.74) is -0.377. The average molecular weight is 743 g/mol. The summed E-state index contributed by atoms with van der Waals surface area (Å²) in [5.74, 6) is -2.59. The van der Waals surface area contributed by atoms with E-state index in [2.05, 4.69) is 20.1 Å². The SMILES string of the molecule is CC(C)(C)OC(=O)N[C@H]1CCCCC/C=C\[C@@H]2C[C@@]2(C(=O)NS(=O)(=O)NC2CCC2)NC(=O)[C@@H]2C[C@@H](OC(=O)N3Cc4ccccc4C3)CN2C1=O. The molecule has 52 heavy (non-hydrogen) atoms. The van der Waals surface area contributed by atoms with Gasteiger partial charge in [0, 0.05) is 31.5 Å². The molecule has 0 unspecified atom stereocenters. The molecule has 0 radical (unpaired) electrons. The first-order valence-electron chi connectivity index (χ1n) is 18.3. The Kier molecular flexibility index (Phi) is 10.9. The Labute approximate surface area is 304 Å². The normalized spacial score (nSPS) is 28.8. The highest BCUT2D eigenvalue weighted by atomic mass is 32.2. The minimum atomic E-state index is -4.20. The van der Waals surface area contributed by atoms with Gasteiger partial charge < -0.3 is 25.0 Å². The standard InChI is InChI=1S/C36H50N6O9S/c1-35(2,3)51-33(46)37-28-17-8-6-4-5-7-14-25-19-36(25,32(45)40-52(48,49)39-26-15-11-16-26)38-30(43)29-18-27(22-42(29)31(28)44)50-34(47)41-20-23-12-9-10-13-24(23)21-41/h7,9-10,12-14,25-29,39H,4-6,8,11,15-22H2,1-3H3,(H,37,46)(H,38,43)(H,40,45)/b14-7-/t25-,27-,28+,29+,36-/m1/s1. The van der Waals surface area contributed by atoms with Gasteiger partial charge in [0.2, 0.25) is 11.8 Å². The molecule has 1 aromatic carbocycles. The van der Waals surface area contributed by atoms with Gasteiger partial charge in [0.1, 0.15) is 29.3 Å². The Morgan fingerprint density at radius 1 is 0.981 bits per heavy atom. The molecule has 5 atom stereocenters. The van der Waals surface area contributed by atoms with E-state index < -0.39 is 75.4 Å². The summed E-state index contributed by atoms with van der Waals surface area (Å²) in [7, 11) is -4.20. The van der Waals surface area contributed by atoms with Gasteiger partial charge in [-0.05, 0) is 70.4 Å². The number of allylic oxidation sites excluding steroid dienone is 1. The number of alkyl carbamates (subject to hydrolysis) is 1. The Morgan fingerprint density at radius 3 is 2.35 bits per heavy atom. The highest BCUT2D eigenvalue weighted by Crippen LogP contribution is 2.46. The zero-order chi connectivity index (χ0) is 37.3. The Hall–Kier alpha value is -4.18. The van der Waals surface area contributed by atoms with Crippen LogP contribution >= 0.6 is 0 Å². The molecule has 0 spiro atoms. The van der Waals surface area contributed by atoms with E-state index in [0.717, 1.165) is 30.4 Å². The number of ether oxygens (including phenoxy) is 2. The molecule has 284 valence electrons. The Morgan fingerprint density at radius 2 is 1.69 bits per heavy atom. The van der Waals surface area contributed by atoms with Gasteiger partial charge >= 0.3 is 22.4 Å². The summed E-state index contributed by atoms with van der Waals surface area (Å²) in [6.45, 7) is 5.73. The van der Waals surface area contributed by atoms with Crippen LogP contribution in [-0.4, -0.2) is 90.0 Å². The van der Waals surface area contributed by atoms with Crippen LogP contribution in [0.1, 0.15) is 96.1 Å². The lowest BCUT2D eigenvalue weighted by atomic mass is 9.94. The number of fused-ring (bicyclic) bond motifs is 3. The van der Waals surface area contributed by atoms with Gasteiger partial charge in [-0.1, -0.05) is 55.7 Å². The summed E-state index contributed by atoms with van der Waals surface area (Å²) in [4.78, 5) is 71.4. The van der Waals surface area contributed by atoms with Gasteiger partial charge in [0.15, 0.2) is 0 Å². The van der Waals surface area contributed by atoms with E-state index in [-0.39, 0.29) is 31.8 Å². The molecule has 16 heteroatoms. The number of hydrogen-bond donors (Lipinski definition) is 4. The number of hydrogen-bond acceptors (Lipinski definition) is 9. The lowest BCUT2D eigenvalue weighted by molar-refractivity contribution is -0.141. The maximum atomic E-state index is 14.3. The molecular weight excluding hydrogens is 692 g/mol. The molecule has 2 saturated carbocycles. The highest BCUT2D eigenvalue weighted by Gasteiger charge is 2.62. The second-order valence-corrected chi connectivity index (χ2v) is 17.0. The minimum absolute atomic E-state index is 0.0665. The first-order chi connectivity index (χ1) is 24.6. The second kappa shape index (κ2) is 15.0. The lowest BCUT2D eigenvalue weighted by Gasteiger charge is -2.30. The van der Waals surface area contributed by atoms with E-state index in [1.54, 1.807) is 25.7 Å². The number of nitrogens with one attached hydrogen (secondary N) is 4. The summed E-state index contributed by atoms with van der Waals surface area (Å²) >= 11 is 0. The van der Waals surface area contributed by atoms with Crippen molar-refractivity contribution in [2.24, 2.45) is 5.92 Å². The van der Waals surface area contributed by atoms with Gasteiger partial charge in [-0.2, -0.15) is 13.1 Å². The van der Waals surface area contributed by atoms with Crippen molar-refractivity contribution in [1.82, 2.24) is 29.9 Å². The smallest absolute Gasteiger partial charge is 0.410 e. The molecule has 5 aliphatic rings. The van der Waals surface area contributed by atoms with Gasteiger partial charge in [-0.25, -0.2) is 14.3 Å². The first-order valence-corrected chi connectivity index (χ1v) is 19.8. The summed E-state index contributed by atoms with van der Waals surface area (Å²) in [5, 5.41) is 5.51. The number of benzene rings is 1. The van der Waals surface area contributed by atoms with Crippen LogP contribution < -0.4 is 20.1 Å². The van der Waals surface area contributed by atoms with Crippen molar-refractivity contribution >= 4 is 40.1 Å². The van der Waals surface area contributed by atoms with Crippen LogP contribution in [0.3, 0.4) is 0 Å². The number of carbonyl (C=O) groups excluding carboxylic acids is 5. The predicted molar refractivity (Wildman–Crippen MR) is 188 cm³/mol. The summed E-state index contributed by atoms with van der Waals surface area (Å²) in [6.07, 6.45) is 6.90. The van der Waals surface area contributed by atoms with Crippen LogP contribution in [0.5, 0.6) is 0 Å². The zero-order valence-electron chi connectivity index (χ0n) is 30.0. The van der Waals surface area contributed by atoms with Crippen LogP contribution in [0.15, 0.2) is 36.4 Å². The van der Waals surface area contributed by atoms with Crippen molar-refractivity contribution < 1.29 is 41.9 Å². The fourth-order valence-electron chi connectivity index (χ4n) is 7.28. The molecule has 0 aromatic heterocycles. The van der Waals surface area contributed by atoms with Crippen molar-refractivity contribution in [1.29, 1.82) is 0 Å². The quantitative estimate of drug-likeness (QED) is 0.318. The molecule has 1 saturated heterocycles. The zero-order valence-corrected chi connectivity index (χ0v) is 30.8. The van der Waals surface area contributed by atoms with Crippen LogP contribution in [0.4, 0.5) is 9.59 Å². The second-order valence-electron chi connectivity index (χ2n) is 15.6. The van der Waals surface area contributed by atoms with Gasteiger partial charge in [-0.15, -0.1) is 0 Å². The van der Waals surface area contributed by atoms with Crippen LogP contribution in [0.25, 0.3) is 0 Å². The van der Waals surface area contributed by atoms with E-state index in [9.17, 15) is 32.4 Å². The van der Waals surface area contributed by atoms with Gasteiger partial charge in [0.05, 0.1) is 6.54 Å². The number of carbonyl (C=O) groups is 5. The third kappa shape index (κ3) is 8.88. The topological polar surface area (TPSA) is 193 Å². The van der Waals surface area contributed by atoms with E-state index in [0.29, 0.717) is 38.8 Å². The van der Waals surface area contributed by atoms with Crippen molar-refractivity contribution in [3.8, 4) is 0 Å². The maximum absolute atomic E-state index is 14.3. The highest BCUT2D eigenvalue weighted by molar-refractivity contribution is 7.88. The fraction of sp³-hybridized carbons (Fsp3) is 0.639. The van der Waals surface area contributed by atoms with Crippen molar-refractivity contribution in [3.63, 3.8) is 0 Å². The molecule has 6 rings (SSSR count). The van der Waals surface area contributed by atoms with Crippen molar-refractivity contribution in [3.05, 3.63) is 47.5 Å². The largest absolute Gasteiger partial charge is 0.444 e. The van der Waals surface area contributed by atoms with E-state index in [1.165, 1.54) is 4.90 Å². The van der Waals surface area contributed by atoms with Gasteiger partial charge in [-0.3, -0.25) is 19.3 Å². The minimum Gasteiger partial charge on any atom is -0.444 e. The van der Waals surface area contributed by atoms with Crippen LogP contribution in [-0.2, 0) is 47.2 Å². The molecule has 3 fully saturated rings. The molecule has 1 aromatic rings. The Bertz CT molecular complexity index is 1680. The summed E-state index contributed by atoms with van der Waals surface area (Å²) < 4.78 is 41.7. The van der Waals surface area contributed by atoms with E-state index in [4.69, 9.17) is 9.47 Å². The monoisotopic (exact) mass is 742 g/mol. The Balaban J connectivity index is 1.24. The molecule has 5 amide bonds. The van der Waals surface area contributed by atoms with Crippen LogP contribution in [0, 0.1) is 5.92 Å². The molecule has 15 nitrogen and oxygen atoms in total. The summed E-state index contributed by atoms with van der Waals surface area (Å²) in [6, 6.07) is 5.20. The molecule has 2 aliphatic carbocycles. The van der Waals surface area contributed by atoms with Crippen molar-refractivity contribution in [2.45, 2.75) is 133 Å². The first kappa shape index (κ1) is 37.6. The third-order valence-electron chi connectivity index (χ3n) is 10.4. The molecule has 0 bridgehead atoms. The molecular formula is C36H50N6O9S. The number of nitrogens with zero attached hydrogens (tertiary/aromatic N) is 2. The number of rotatable bonds is 6. The van der Waals surface area contributed by atoms with Gasteiger partial charge in [0.25, 0.3) is 5.91 Å². The third-order valence-corrected chi connectivity index (χ3v) is 11.5. The van der Waals surface area contributed by atoms with Crippen LogP contribution in [0.2, 0.25) is 0 Å². The fourth-order valence-corrected chi connectivity index (χ4v) is 8.44. The van der Waals surface area contributed by atoms with E-state index in [1.807, 2.05) is 36.4 Å². The molecule has 3 aliphatic heterocycles.